The maximum atomic E-state index is 12.9. The number of carbonyl (C=O) groups is 2. The van der Waals surface area contributed by atoms with E-state index in [0.29, 0.717) is 23.7 Å². The molecule has 166 valence electrons. The van der Waals surface area contributed by atoms with E-state index in [1.807, 2.05) is 67.7 Å². The van der Waals surface area contributed by atoms with Crippen LogP contribution in [0.5, 0.6) is 0 Å². The Balaban J connectivity index is 1.30. The molecule has 0 unspecified atom stereocenters. The highest BCUT2D eigenvalue weighted by Crippen LogP contribution is 2.30. The van der Waals surface area contributed by atoms with Crippen molar-refractivity contribution in [1.29, 1.82) is 0 Å². The van der Waals surface area contributed by atoms with Gasteiger partial charge < -0.3 is 4.90 Å². The van der Waals surface area contributed by atoms with Crippen LogP contribution in [0.2, 0.25) is 0 Å². The average Bonchev–Trinajstić information content (AvgIpc) is 3.62. The number of nitrogens with one attached hydrogen (secondary N) is 1. The molecule has 1 aliphatic rings. The second kappa shape index (κ2) is 8.86. The van der Waals surface area contributed by atoms with Crippen LogP contribution in [-0.4, -0.2) is 44.9 Å². The zero-order valence-corrected chi connectivity index (χ0v) is 18.4. The molecule has 0 aliphatic heterocycles. The van der Waals surface area contributed by atoms with E-state index in [1.54, 1.807) is 9.42 Å². The average molecular weight is 440 g/mol. The first kappa shape index (κ1) is 20.9. The van der Waals surface area contributed by atoms with Crippen LogP contribution in [0.3, 0.4) is 0 Å². The van der Waals surface area contributed by atoms with E-state index in [0.717, 1.165) is 30.5 Å². The molecule has 7 heteroatoms. The Bertz CT molecular complexity index is 1290. The van der Waals surface area contributed by atoms with E-state index in [9.17, 15) is 9.59 Å². The summed E-state index contributed by atoms with van der Waals surface area (Å²) in [5.74, 6) is 0.367. The summed E-state index contributed by atoms with van der Waals surface area (Å²) >= 11 is 0. The Kier molecular flexibility index (Phi) is 5.60. The van der Waals surface area contributed by atoms with Crippen LogP contribution < -0.4 is 5.32 Å². The highest BCUT2D eigenvalue weighted by Gasteiger charge is 2.30. The fraction of sp³-hybridized carbons (Fsp3) is 0.231. The van der Waals surface area contributed by atoms with Crippen molar-refractivity contribution in [3.05, 3.63) is 83.9 Å². The summed E-state index contributed by atoms with van der Waals surface area (Å²) in [4.78, 5) is 31.1. The van der Waals surface area contributed by atoms with Crippen LogP contribution in [0.1, 0.15) is 28.8 Å². The van der Waals surface area contributed by atoms with E-state index in [4.69, 9.17) is 0 Å². The summed E-state index contributed by atoms with van der Waals surface area (Å²) in [5.41, 5.74) is 4.25. The minimum atomic E-state index is -0.0216. The second-order valence-corrected chi connectivity index (χ2v) is 8.42. The van der Waals surface area contributed by atoms with Crippen LogP contribution >= 0.6 is 0 Å². The number of benzene rings is 2. The first-order chi connectivity index (χ1) is 16.1. The lowest BCUT2D eigenvalue weighted by molar-refractivity contribution is -0.117. The van der Waals surface area contributed by atoms with Gasteiger partial charge in [0.1, 0.15) is 0 Å². The first-order valence-corrected chi connectivity index (χ1v) is 11.1. The molecule has 0 saturated heterocycles. The summed E-state index contributed by atoms with van der Waals surface area (Å²) in [6, 6.07) is 23.3. The SMILES string of the molecule is CN(CCc1ccccc1)C(=O)c1ccc(-c2cccc3nc(NC(=O)C4CC4)nn23)cc1. The van der Waals surface area contributed by atoms with Gasteiger partial charge in [-0.25, -0.2) is 4.52 Å². The zero-order valence-electron chi connectivity index (χ0n) is 18.4. The van der Waals surface area contributed by atoms with Crippen LogP contribution in [0.25, 0.3) is 16.9 Å². The molecule has 1 aliphatic carbocycles. The summed E-state index contributed by atoms with van der Waals surface area (Å²) in [6.07, 6.45) is 2.67. The van der Waals surface area contributed by atoms with Crippen molar-refractivity contribution in [2.45, 2.75) is 19.3 Å². The lowest BCUT2D eigenvalue weighted by atomic mass is 10.1. The second-order valence-electron chi connectivity index (χ2n) is 8.42. The minimum Gasteiger partial charge on any atom is -0.341 e. The lowest BCUT2D eigenvalue weighted by Gasteiger charge is -2.17. The van der Waals surface area contributed by atoms with E-state index < -0.39 is 0 Å². The molecule has 2 aromatic heterocycles. The molecule has 2 aromatic carbocycles. The fourth-order valence-corrected chi connectivity index (χ4v) is 3.78. The Morgan fingerprint density at radius 1 is 1.00 bits per heavy atom. The fourth-order valence-electron chi connectivity index (χ4n) is 3.78. The summed E-state index contributed by atoms with van der Waals surface area (Å²) < 4.78 is 1.71. The normalized spacial score (nSPS) is 13.1. The third kappa shape index (κ3) is 4.62. The molecule has 5 rings (SSSR count). The summed E-state index contributed by atoms with van der Waals surface area (Å²) in [5, 5.41) is 7.28. The van der Waals surface area contributed by atoms with Gasteiger partial charge in [0.05, 0.1) is 5.69 Å². The minimum absolute atomic E-state index is 0.0125. The zero-order chi connectivity index (χ0) is 22.8. The Morgan fingerprint density at radius 2 is 1.76 bits per heavy atom. The number of nitrogens with zero attached hydrogens (tertiary/aromatic N) is 4. The molecule has 1 saturated carbocycles. The molecule has 0 spiro atoms. The molecule has 1 fully saturated rings. The number of amides is 2. The number of anilines is 1. The van der Waals surface area contributed by atoms with E-state index >= 15 is 0 Å². The van der Waals surface area contributed by atoms with Gasteiger partial charge in [-0.3, -0.25) is 14.9 Å². The molecule has 0 radical (unpaired) electrons. The number of pyridine rings is 1. The molecule has 33 heavy (non-hydrogen) atoms. The monoisotopic (exact) mass is 439 g/mol. The number of hydrogen-bond donors (Lipinski definition) is 1. The van der Waals surface area contributed by atoms with E-state index in [2.05, 4.69) is 27.5 Å². The Hall–Kier alpha value is -4.00. The van der Waals surface area contributed by atoms with Gasteiger partial charge >= 0.3 is 0 Å². The summed E-state index contributed by atoms with van der Waals surface area (Å²) in [7, 11) is 1.83. The predicted octanol–water partition coefficient (Wildman–Crippen LogP) is 4.06. The number of hydrogen-bond acceptors (Lipinski definition) is 4. The molecule has 7 nitrogen and oxygen atoms in total. The quantitative estimate of drug-likeness (QED) is 0.471. The predicted molar refractivity (Wildman–Crippen MR) is 127 cm³/mol. The molecule has 0 atom stereocenters. The molecule has 2 heterocycles. The van der Waals surface area contributed by atoms with Crippen LogP contribution in [0, 0.1) is 5.92 Å². The van der Waals surface area contributed by atoms with Crippen LogP contribution in [-0.2, 0) is 11.2 Å². The smallest absolute Gasteiger partial charge is 0.253 e. The van der Waals surface area contributed by atoms with Crippen molar-refractivity contribution in [2.75, 3.05) is 18.9 Å². The van der Waals surface area contributed by atoms with Crippen molar-refractivity contribution in [3.63, 3.8) is 0 Å². The van der Waals surface area contributed by atoms with Gasteiger partial charge in [0.25, 0.3) is 5.91 Å². The highest BCUT2D eigenvalue weighted by molar-refractivity contribution is 5.94. The number of aromatic nitrogens is 3. The van der Waals surface area contributed by atoms with Crippen molar-refractivity contribution in [1.82, 2.24) is 19.5 Å². The standard InChI is InChI=1S/C26H25N5O2/c1-30(17-16-18-6-3-2-4-7-18)25(33)21-14-10-19(11-15-21)22-8-5-9-23-27-26(29-31(22)23)28-24(32)20-12-13-20/h2-11,14-15,20H,12-13,16-17H2,1H3,(H,28,29,32). The van der Waals surface area contributed by atoms with E-state index in [-0.39, 0.29) is 17.7 Å². The van der Waals surface area contributed by atoms with Crippen LogP contribution in [0.15, 0.2) is 72.8 Å². The van der Waals surface area contributed by atoms with Crippen molar-refractivity contribution >= 4 is 23.4 Å². The Morgan fingerprint density at radius 3 is 2.48 bits per heavy atom. The molecular weight excluding hydrogens is 414 g/mol. The largest absolute Gasteiger partial charge is 0.341 e. The van der Waals surface area contributed by atoms with E-state index in [1.165, 1.54) is 5.56 Å². The maximum absolute atomic E-state index is 12.9. The highest BCUT2D eigenvalue weighted by atomic mass is 16.2. The molecular formula is C26H25N5O2. The van der Waals surface area contributed by atoms with Gasteiger partial charge in [-0.1, -0.05) is 48.5 Å². The molecule has 1 N–H and O–H groups in total. The maximum Gasteiger partial charge on any atom is 0.253 e. The number of likely N-dealkylation sites (N-methyl/N-ethyl adjacent to an activating group) is 1. The van der Waals surface area contributed by atoms with Crippen molar-refractivity contribution in [2.24, 2.45) is 5.92 Å². The van der Waals surface area contributed by atoms with Gasteiger partial charge in [0, 0.05) is 30.6 Å². The number of rotatable bonds is 7. The third-order valence-corrected chi connectivity index (χ3v) is 5.90. The van der Waals surface area contributed by atoms with Gasteiger partial charge in [0.15, 0.2) is 5.65 Å². The Labute approximate surface area is 192 Å². The molecule has 2 amide bonds. The lowest BCUT2D eigenvalue weighted by Crippen LogP contribution is -2.28. The topological polar surface area (TPSA) is 79.6 Å². The van der Waals surface area contributed by atoms with Crippen molar-refractivity contribution < 1.29 is 9.59 Å². The summed E-state index contributed by atoms with van der Waals surface area (Å²) in [6.45, 7) is 0.651. The van der Waals surface area contributed by atoms with Gasteiger partial charge in [-0.05, 0) is 49.1 Å². The van der Waals surface area contributed by atoms with Gasteiger partial charge in [0.2, 0.25) is 11.9 Å². The number of fused-ring (bicyclic) bond motifs is 1. The van der Waals surface area contributed by atoms with Gasteiger partial charge in [-0.2, -0.15) is 4.98 Å². The molecule has 0 bridgehead atoms. The molecule has 4 aromatic rings. The third-order valence-electron chi connectivity index (χ3n) is 5.90. The van der Waals surface area contributed by atoms with Crippen LogP contribution in [0.4, 0.5) is 5.95 Å². The first-order valence-electron chi connectivity index (χ1n) is 11.1. The number of carbonyl (C=O) groups excluding carboxylic acids is 2. The van der Waals surface area contributed by atoms with Crippen molar-refractivity contribution in [3.8, 4) is 11.3 Å². The van der Waals surface area contributed by atoms with Gasteiger partial charge in [-0.15, -0.1) is 5.10 Å².